The molecule has 164 valence electrons. The number of anilines is 2. The van der Waals surface area contributed by atoms with Crippen LogP contribution in [0.3, 0.4) is 0 Å². The van der Waals surface area contributed by atoms with E-state index in [0.717, 1.165) is 75.1 Å². The number of carbonyl (C=O) groups is 1. The van der Waals surface area contributed by atoms with Crippen molar-refractivity contribution in [1.29, 1.82) is 0 Å². The molecule has 32 heavy (non-hydrogen) atoms. The minimum atomic E-state index is 0.0845. The van der Waals surface area contributed by atoms with Gasteiger partial charge in [0.1, 0.15) is 12.1 Å². The maximum Gasteiger partial charge on any atom is 0.225 e. The molecule has 5 rings (SSSR count). The van der Waals surface area contributed by atoms with Crippen LogP contribution in [0.5, 0.6) is 0 Å². The van der Waals surface area contributed by atoms with E-state index in [2.05, 4.69) is 41.9 Å². The van der Waals surface area contributed by atoms with E-state index >= 15 is 0 Å². The third-order valence-electron chi connectivity index (χ3n) is 6.32. The van der Waals surface area contributed by atoms with E-state index in [0.29, 0.717) is 0 Å². The molecule has 2 aromatic heterocycles. The van der Waals surface area contributed by atoms with Gasteiger partial charge >= 0.3 is 0 Å². The second-order valence-electron chi connectivity index (χ2n) is 8.25. The smallest absolute Gasteiger partial charge is 0.225 e. The van der Waals surface area contributed by atoms with E-state index in [4.69, 9.17) is 0 Å². The number of piperidine rings is 1. The number of aromatic nitrogens is 4. The molecule has 1 aromatic carbocycles. The predicted molar refractivity (Wildman–Crippen MR) is 123 cm³/mol. The lowest BCUT2D eigenvalue weighted by atomic mass is 9.95. The Kier molecular flexibility index (Phi) is 5.91. The predicted octanol–water partition coefficient (Wildman–Crippen LogP) is 2.50. The van der Waals surface area contributed by atoms with Crippen molar-refractivity contribution in [3.63, 3.8) is 0 Å². The summed E-state index contributed by atoms with van der Waals surface area (Å²) < 4.78 is 0. The largest absolute Gasteiger partial charge is 0.356 e. The molecular formula is C24H27N7O. The Morgan fingerprint density at radius 2 is 1.50 bits per heavy atom. The highest BCUT2D eigenvalue weighted by molar-refractivity contribution is 5.79. The summed E-state index contributed by atoms with van der Waals surface area (Å²) in [5, 5.41) is 0. The number of nitrogens with zero attached hydrogens (tertiary/aromatic N) is 7. The molecule has 2 saturated heterocycles. The van der Waals surface area contributed by atoms with E-state index in [9.17, 15) is 4.79 Å². The van der Waals surface area contributed by atoms with Gasteiger partial charge in [-0.2, -0.15) is 0 Å². The molecule has 3 aromatic rings. The van der Waals surface area contributed by atoms with E-state index < -0.39 is 0 Å². The summed E-state index contributed by atoms with van der Waals surface area (Å²) in [7, 11) is 0. The van der Waals surface area contributed by atoms with Crippen LogP contribution in [0.25, 0.3) is 11.3 Å². The van der Waals surface area contributed by atoms with Crippen LogP contribution in [0.15, 0.2) is 61.2 Å². The zero-order valence-electron chi connectivity index (χ0n) is 18.0. The van der Waals surface area contributed by atoms with Crippen LogP contribution in [0.4, 0.5) is 11.8 Å². The van der Waals surface area contributed by atoms with Gasteiger partial charge in [-0.15, -0.1) is 0 Å². The zero-order chi connectivity index (χ0) is 21.8. The van der Waals surface area contributed by atoms with Gasteiger partial charge in [0.2, 0.25) is 11.9 Å². The van der Waals surface area contributed by atoms with Gasteiger partial charge in [0.25, 0.3) is 0 Å². The number of carbonyl (C=O) groups excluding carboxylic acids is 1. The van der Waals surface area contributed by atoms with Crippen LogP contribution in [-0.2, 0) is 4.79 Å². The lowest BCUT2D eigenvalue weighted by Gasteiger charge is -2.38. The van der Waals surface area contributed by atoms with Crippen molar-refractivity contribution in [3.05, 3.63) is 61.2 Å². The molecule has 0 aliphatic carbocycles. The fourth-order valence-electron chi connectivity index (χ4n) is 4.48. The molecule has 0 atom stereocenters. The first kappa shape index (κ1) is 20.4. The molecular weight excluding hydrogens is 402 g/mol. The molecule has 8 heteroatoms. The van der Waals surface area contributed by atoms with Crippen LogP contribution < -0.4 is 9.80 Å². The molecule has 8 nitrogen and oxygen atoms in total. The highest BCUT2D eigenvalue weighted by Crippen LogP contribution is 2.26. The van der Waals surface area contributed by atoms with Gasteiger partial charge in [-0.25, -0.2) is 19.9 Å². The fourth-order valence-corrected chi connectivity index (χ4v) is 4.48. The zero-order valence-corrected chi connectivity index (χ0v) is 18.0. The lowest BCUT2D eigenvalue weighted by Crippen LogP contribution is -2.52. The van der Waals surface area contributed by atoms with Crippen LogP contribution in [0, 0.1) is 5.92 Å². The molecule has 0 unspecified atom stereocenters. The Morgan fingerprint density at radius 3 is 2.22 bits per heavy atom. The Balaban J connectivity index is 1.16. The summed E-state index contributed by atoms with van der Waals surface area (Å²) in [5.41, 5.74) is 2.01. The number of rotatable bonds is 4. The molecule has 1 amide bonds. The number of hydrogen-bond acceptors (Lipinski definition) is 7. The average Bonchev–Trinajstić information content (AvgIpc) is 2.89. The van der Waals surface area contributed by atoms with Gasteiger partial charge in [0.15, 0.2) is 0 Å². The first-order valence-electron chi connectivity index (χ1n) is 11.2. The van der Waals surface area contributed by atoms with E-state index in [1.807, 2.05) is 35.2 Å². The molecule has 2 aliphatic rings. The third kappa shape index (κ3) is 4.39. The number of hydrogen-bond donors (Lipinski definition) is 0. The summed E-state index contributed by atoms with van der Waals surface area (Å²) in [4.78, 5) is 37.1. The first-order chi connectivity index (χ1) is 15.8. The van der Waals surface area contributed by atoms with E-state index in [1.54, 1.807) is 18.7 Å². The molecule has 2 aliphatic heterocycles. The third-order valence-corrected chi connectivity index (χ3v) is 6.32. The van der Waals surface area contributed by atoms with E-state index in [-0.39, 0.29) is 11.8 Å². The van der Waals surface area contributed by atoms with Gasteiger partial charge in [-0.1, -0.05) is 30.3 Å². The minimum absolute atomic E-state index is 0.0845. The van der Waals surface area contributed by atoms with Crippen LogP contribution >= 0.6 is 0 Å². The lowest BCUT2D eigenvalue weighted by molar-refractivity contribution is -0.136. The standard InChI is InChI=1S/C24H27N7O/c32-23(30-13-15-31(16-14-30)24-25-9-4-10-26-24)20-7-11-29(12-8-20)22-17-21(27-18-28-22)19-5-2-1-3-6-19/h1-6,9-10,17-18,20H,7-8,11-16H2. The number of amides is 1. The number of piperazine rings is 1. The van der Waals surface area contributed by atoms with E-state index in [1.165, 1.54) is 0 Å². The number of benzene rings is 1. The van der Waals surface area contributed by atoms with Gasteiger partial charge in [-0.05, 0) is 18.9 Å². The van der Waals surface area contributed by atoms with Crippen molar-refractivity contribution in [2.75, 3.05) is 49.1 Å². The fraction of sp³-hybridized carbons (Fsp3) is 0.375. The monoisotopic (exact) mass is 429 g/mol. The van der Waals surface area contributed by atoms with Crippen molar-refractivity contribution in [2.24, 2.45) is 5.92 Å². The summed E-state index contributed by atoms with van der Waals surface area (Å²) in [6, 6.07) is 14.0. The van der Waals surface area contributed by atoms with Gasteiger partial charge in [0, 0.05) is 69.2 Å². The maximum absolute atomic E-state index is 13.1. The normalized spacial score (nSPS) is 17.4. The van der Waals surface area contributed by atoms with Crippen LogP contribution in [0.1, 0.15) is 12.8 Å². The Bertz CT molecular complexity index is 1030. The average molecular weight is 430 g/mol. The molecule has 0 spiro atoms. The highest BCUT2D eigenvalue weighted by Gasteiger charge is 2.31. The van der Waals surface area contributed by atoms with Crippen molar-refractivity contribution in [1.82, 2.24) is 24.8 Å². The quantitative estimate of drug-likeness (QED) is 0.631. The van der Waals surface area contributed by atoms with Crippen molar-refractivity contribution in [3.8, 4) is 11.3 Å². The molecule has 0 saturated carbocycles. The Labute approximate surface area is 188 Å². The minimum Gasteiger partial charge on any atom is -0.356 e. The Morgan fingerprint density at radius 1 is 0.781 bits per heavy atom. The first-order valence-corrected chi connectivity index (χ1v) is 11.2. The van der Waals surface area contributed by atoms with Crippen molar-refractivity contribution in [2.45, 2.75) is 12.8 Å². The molecule has 0 bridgehead atoms. The van der Waals surface area contributed by atoms with Crippen LogP contribution in [-0.4, -0.2) is 70.0 Å². The molecule has 2 fully saturated rings. The van der Waals surface area contributed by atoms with Gasteiger partial charge < -0.3 is 14.7 Å². The highest BCUT2D eigenvalue weighted by atomic mass is 16.2. The second-order valence-corrected chi connectivity index (χ2v) is 8.25. The Hall–Kier alpha value is -3.55. The summed E-state index contributed by atoms with van der Waals surface area (Å²) in [6.45, 7) is 4.67. The SMILES string of the molecule is O=C(C1CCN(c2cc(-c3ccccc3)ncn2)CC1)N1CCN(c2ncccn2)CC1. The molecule has 4 heterocycles. The molecule has 0 radical (unpaired) electrons. The summed E-state index contributed by atoms with van der Waals surface area (Å²) >= 11 is 0. The van der Waals surface area contributed by atoms with Crippen molar-refractivity contribution >= 4 is 17.7 Å². The van der Waals surface area contributed by atoms with Gasteiger partial charge in [0.05, 0.1) is 5.69 Å². The maximum atomic E-state index is 13.1. The van der Waals surface area contributed by atoms with Crippen molar-refractivity contribution < 1.29 is 4.79 Å². The second kappa shape index (κ2) is 9.30. The topological polar surface area (TPSA) is 78.4 Å². The van der Waals surface area contributed by atoms with Gasteiger partial charge in [-0.3, -0.25) is 4.79 Å². The molecule has 0 N–H and O–H groups in total. The summed E-state index contributed by atoms with van der Waals surface area (Å²) in [6.07, 6.45) is 6.85. The van der Waals surface area contributed by atoms with Crippen LogP contribution in [0.2, 0.25) is 0 Å². The summed E-state index contributed by atoms with van der Waals surface area (Å²) in [5.74, 6) is 2.04.